The zero-order chi connectivity index (χ0) is 18.0. The number of hydrogen-bond acceptors (Lipinski definition) is 3. The van der Waals surface area contributed by atoms with Gasteiger partial charge in [-0.05, 0) is 57.5 Å². The molecule has 1 saturated heterocycles. The van der Waals surface area contributed by atoms with Crippen molar-refractivity contribution in [2.45, 2.75) is 52.6 Å². The van der Waals surface area contributed by atoms with E-state index in [1.165, 1.54) is 0 Å². The Kier molecular flexibility index (Phi) is 4.88. The number of carbonyl (C=O) groups is 2. The molecule has 6 nitrogen and oxygen atoms in total. The van der Waals surface area contributed by atoms with E-state index in [2.05, 4.69) is 17.3 Å². The summed E-state index contributed by atoms with van der Waals surface area (Å²) in [6, 6.07) is 9.68. The van der Waals surface area contributed by atoms with Gasteiger partial charge in [-0.15, -0.1) is 0 Å². The molecule has 25 heavy (non-hydrogen) atoms. The summed E-state index contributed by atoms with van der Waals surface area (Å²) in [5, 5.41) is 7.25. The molecule has 1 N–H and O–H groups in total. The van der Waals surface area contributed by atoms with E-state index in [1.54, 1.807) is 0 Å². The zero-order valence-electron chi connectivity index (χ0n) is 15.0. The molecule has 0 bridgehead atoms. The zero-order valence-corrected chi connectivity index (χ0v) is 15.0. The Hall–Kier alpha value is -2.63. The largest absolute Gasteiger partial charge is 0.326 e. The lowest BCUT2D eigenvalue weighted by atomic mass is 10.2. The summed E-state index contributed by atoms with van der Waals surface area (Å²) in [7, 11) is 0. The highest BCUT2D eigenvalue weighted by molar-refractivity contribution is 5.96. The van der Waals surface area contributed by atoms with Crippen molar-refractivity contribution in [3.05, 3.63) is 41.7 Å². The van der Waals surface area contributed by atoms with Crippen molar-refractivity contribution in [2.75, 3.05) is 10.2 Å². The molecule has 2 amide bonds. The molecule has 1 aromatic carbocycles. The lowest BCUT2D eigenvalue weighted by Gasteiger charge is -2.22. The van der Waals surface area contributed by atoms with Gasteiger partial charge in [0.05, 0.1) is 5.69 Å². The fourth-order valence-corrected chi connectivity index (χ4v) is 3.26. The number of aromatic nitrogens is 2. The summed E-state index contributed by atoms with van der Waals surface area (Å²) in [5.41, 5.74) is 3.63. The van der Waals surface area contributed by atoms with Crippen molar-refractivity contribution < 1.29 is 9.59 Å². The second-order valence-corrected chi connectivity index (χ2v) is 6.65. The topological polar surface area (TPSA) is 67.2 Å². The number of anilines is 2. The first-order valence-electron chi connectivity index (χ1n) is 8.67. The van der Waals surface area contributed by atoms with Crippen LogP contribution < -0.4 is 10.2 Å². The highest BCUT2D eigenvalue weighted by Crippen LogP contribution is 2.27. The molecular formula is C19H24N4O2. The van der Waals surface area contributed by atoms with Gasteiger partial charge in [0.1, 0.15) is 0 Å². The van der Waals surface area contributed by atoms with Crippen LogP contribution in [0.15, 0.2) is 30.3 Å². The van der Waals surface area contributed by atoms with Gasteiger partial charge < -0.3 is 10.2 Å². The van der Waals surface area contributed by atoms with Crippen LogP contribution in [0.5, 0.6) is 0 Å². The van der Waals surface area contributed by atoms with Gasteiger partial charge in [0, 0.05) is 42.5 Å². The minimum Gasteiger partial charge on any atom is -0.326 e. The summed E-state index contributed by atoms with van der Waals surface area (Å²) in [6.45, 7) is 6.54. The summed E-state index contributed by atoms with van der Waals surface area (Å²) >= 11 is 0. The molecule has 6 heteroatoms. The molecule has 2 heterocycles. The third-order valence-electron chi connectivity index (χ3n) is 4.57. The van der Waals surface area contributed by atoms with Gasteiger partial charge in [0.15, 0.2) is 0 Å². The maximum Gasteiger partial charge on any atom is 0.227 e. The lowest BCUT2D eigenvalue weighted by molar-refractivity contribution is -0.117. The first kappa shape index (κ1) is 17.2. The van der Waals surface area contributed by atoms with Gasteiger partial charge in [0.2, 0.25) is 11.8 Å². The Balaban J connectivity index is 1.57. The maximum atomic E-state index is 12.1. The quantitative estimate of drug-likeness (QED) is 0.910. The van der Waals surface area contributed by atoms with Crippen molar-refractivity contribution in [3.63, 3.8) is 0 Å². The van der Waals surface area contributed by atoms with E-state index in [4.69, 9.17) is 0 Å². The second kappa shape index (κ2) is 7.09. The number of rotatable bonds is 5. The molecular weight excluding hydrogens is 316 g/mol. The molecule has 0 saturated carbocycles. The molecule has 1 aliphatic rings. The second-order valence-electron chi connectivity index (χ2n) is 6.65. The van der Waals surface area contributed by atoms with E-state index in [9.17, 15) is 9.59 Å². The summed E-state index contributed by atoms with van der Waals surface area (Å²) in [6.07, 6.45) is 1.86. The SMILES string of the molecule is Cc1cc(C)n(CCC(=O)Nc2ccc(N3C(=O)CCC3C)cc2)n1. The minimum atomic E-state index is -0.0501. The molecule has 1 fully saturated rings. The van der Waals surface area contributed by atoms with Crippen molar-refractivity contribution >= 4 is 23.2 Å². The number of nitrogens with zero attached hydrogens (tertiary/aromatic N) is 3. The van der Waals surface area contributed by atoms with Gasteiger partial charge in [-0.25, -0.2) is 0 Å². The van der Waals surface area contributed by atoms with Crippen LogP contribution in [0, 0.1) is 13.8 Å². The van der Waals surface area contributed by atoms with Crippen molar-refractivity contribution in [2.24, 2.45) is 0 Å². The Morgan fingerprint density at radius 3 is 2.56 bits per heavy atom. The predicted octanol–water partition coefficient (Wildman–Crippen LogP) is 3.04. The van der Waals surface area contributed by atoms with E-state index in [0.717, 1.165) is 29.2 Å². The van der Waals surface area contributed by atoms with Crippen LogP contribution in [0.1, 0.15) is 37.6 Å². The predicted molar refractivity (Wildman–Crippen MR) is 97.6 cm³/mol. The first-order chi connectivity index (χ1) is 11.9. The summed E-state index contributed by atoms with van der Waals surface area (Å²) in [5.74, 6) is 0.111. The molecule has 132 valence electrons. The van der Waals surface area contributed by atoms with Crippen LogP contribution in [0.25, 0.3) is 0 Å². The minimum absolute atomic E-state index is 0.0501. The average Bonchev–Trinajstić information content (AvgIpc) is 3.07. The standard InChI is InChI=1S/C19H24N4O2/c1-13-12-15(3)22(21-13)11-10-18(24)20-16-5-7-17(8-6-16)23-14(2)4-9-19(23)25/h5-8,12,14H,4,9-11H2,1-3H3,(H,20,24). The van der Waals surface area contributed by atoms with E-state index in [-0.39, 0.29) is 17.9 Å². The average molecular weight is 340 g/mol. The van der Waals surface area contributed by atoms with E-state index in [0.29, 0.717) is 19.4 Å². The number of hydrogen-bond donors (Lipinski definition) is 1. The van der Waals surface area contributed by atoms with Crippen LogP contribution in [0.2, 0.25) is 0 Å². The number of benzene rings is 1. The van der Waals surface area contributed by atoms with Crippen molar-refractivity contribution in [1.29, 1.82) is 0 Å². The Bertz CT molecular complexity index is 779. The summed E-state index contributed by atoms with van der Waals surface area (Å²) < 4.78 is 1.85. The van der Waals surface area contributed by atoms with Crippen LogP contribution in [-0.4, -0.2) is 27.6 Å². The molecule has 0 spiro atoms. The normalized spacial score (nSPS) is 17.2. The Morgan fingerprint density at radius 1 is 1.28 bits per heavy atom. The van der Waals surface area contributed by atoms with Gasteiger partial charge in [-0.3, -0.25) is 14.3 Å². The number of carbonyl (C=O) groups excluding carboxylic acids is 2. The maximum absolute atomic E-state index is 12.1. The number of amides is 2. The van der Waals surface area contributed by atoms with E-state index < -0.39 is 0 Å². The first-order valence-corrected chi connectivity index (χ1v) is 8.67. The van der Waals surface area contributed by atoms with Crippen LogP contribution in [0.4, 0.5) is 11.4 Å². The molecule has 1 aliphatic heterocycles. The molecule has 2 aromatic rings. The smallest absolute Gasteiger partial charge is 0.227 e. The van der Waals surface area contributed by atoms with Crippen LogP contribution in [-0.2, 0) is 16.1 Å². The monoisotopic (exact) mass is 340 g/mol. The molecule has 0 aliphatic carbocycles. The van der Waals surface area contributed by atoms with Crippen molar-refractivity contribution in [3.8, 4) is 0 Å². The highest BCUT2D eigenvalue weighted by atomic mass is 16.2. The molecule has 1 aromatic heterocycles. The fraction of sp³-hybridized carbons (Fsp3) is 0.421. The third kappa shape index (κ3) is 3.90. The summed E-state index contributed by atoms with van der Waals surface area (Å²) in [4.78, 5) is 25.9. The molecule has 1 unspecified atom stereocenters. The van der Waals surface area contributed by atoms with Crippen molar-refractivity contribution in [1.82, 2.24) is 9.78 Å². The molecule has 3 rings (SSSR count). The number of aryl methyl sites for hydroxylation is 3. The van der Waals surface area contributed by atoms with Gasteiger partial charge in [-0.1, -0.05) is 0 Å². The Morgan fingerprint density at radius 2 is 2.00 bits per heavy atom. The van der Waals surface area contributed by atoms with Gasteiger partial charge >= 0.3 is 0 Å². The van der Waals surface area contributed by atoms with E-state index in [1.807, 2.05) is 53.8 Å². The Labute approximate surface area is 147 Å². The molecule has 1 atom stereocenters. The van der Waals surface area contributed by atoms with Crippen LogP contribution >= 0.6 is 0 Å². The van der Waals surface area contributed by atoms with Gasteiger partial charge in [0.25, 0.3) is 0 Å². The third-order valence-corrected chi connectivity index (χ3v) is 4.57. The lowest BCUT2D eigenvalue weighted by Crippen LogP contribution is -2.30. The number of nitrogens with one attached hydrogen (secondary N) is 1. The fourth-order valence-electron chi connectivity index (χ4n) is 3.26. The molecule has 0 radical (unpaired) electrons. The highest BCUT2D eigenvalue weighted by Gasteiger charge is 2.28. The van der Waals surface area contributed by atoms with Gasteiger partial charge in [-0.2, -0.15) is 5.10 Å². The van der Waals surface area contributed by atoms with E-state index >= 15 is 0 Å². The van der Waals surface area contributed by atoms with Crippen LogP contribution in [0.3, 0.4) is 0 Å².